The third-order valence-corrected chi connectivity index (χ3v) is 3.41. The Morgan fingerprint density at radius 2 is 2.11 bits per heavy atom. The molecule has 8 heteroatoms. The molecule has 19 heavy (non-hydrogen) atoms. The van der Waals surface area contributed by atoms with Gasteiger partial charge < -0.3 is 5.73 Å². The molecule has 2 aromatic rings. The Hall–Kier alpha value is -1.67. The Morgan fingerprint density at radius 1 is 1.37 bits per heavy atom. The zero-order valence-corrected chi connectivity index (χ0v) is 11.7. The minimum absolute atomic E-state index is 0.365. The molecule has 3 N–H and O–H groups in total. The first-order valence-electron chi connectivity index (χ1n) is 5.91. The molecule has 0 fully saturated rings. The molecular weight excluding hydrogens is 266 g/mol. The molecule has 0 radical (unpaired) electrons. The second-order valence-electron chi connectivity index (χ2n) is 4.44. The lowest BCUT2D eigenvalue weighted by Crippen LogP contribution is -2.24. The maximum atomic E-state index is 10.9. The molecule has 0 aliphatic heterocycles. The summed E-state index contributed by atoms with van der Waals surface area (Å²) in [5.74, 6) is 0.396. The molecule has 0 amide bonds. The predicted octanol–water partition coefficient (Wildman–Crippen LogP) is 0.261. The van der Waals surface area contributed by atoms with Gasteiger partial charge in [-0.25, -0.2) is 23.1 Å². The number of nitrogens with two attached hydrogens (primary N) is 1. The molecule has 2 heterocycles. The van der Waals surface area contributed by atoms with Crippen LogP contribution in [0.5, 0.6) is 0 Å². The van der Waals surface area contributed by atoms with E-state index >= 15 is 0 Å². The van der Waals surface area contributed by atoms with E-state index < -0.39 is 10.0 Å². The van der Waals surface area contributed by atoms with Gasteiger partial charge in [-0.15, -0.1) is 0 Å². The fraction of sp³-hybridized carbons (Fsp3) is 0.455. The quantitative estimate of drug-likeness (QED) is 0.766. The van der Waals surface area contributed by atoms with Gasteiger partial charge in [0.05, 0.1) is 6.26 Å². The van der Waals surface area contributed by atoms with E-state index in [1.165, 1.54) is 0 Å². The van der Waals surface area contributed by atoms with Crippen molar-refractivity contribution in [3.8, 4) is 0 Å². The number of hydrogen-bond acceptors (Lipinski definition) is 5. The molecule has 2 aromatic heterocycles. The monoisotopic (exact) mass is 283 g/mol. The minimum Gasteiger partial charge on any atom is -0.369 e. The highest BCUT2D eigenvalue weighted by Gasteiger charge is 2.09. The fourth-order valence-electron chi connectivity index (χ4n) is 1.83. The largest absolute Gasteiger partial charge is 0.369 e. The van der Waals surface area contributed by atoms with Crippen LogP contribution in [0.25, 0.3) is 11.2 Å². The van der Waals surface area contributed by atoms with Crippen molar-refractivity contribution in [2.75, 3.05) is 18.5 Å². The first kappa shape index (κ1) is 13.8. The fourth-order valence-corrected chi connectivity index (χ4v) is 2.34. The molecule has 0 spiro atoms. The first-order chi connectivity index (χ1) is 8.87. The molecule has 0 bridgehead atoms. The second kappa shape index (κ2) is 5.14. The molecule has 7 nitrogen and oxygen atoms in total. The maximum absolute atomic E-state index is 10.9. The zero-order chi connectivity index (χ0) is 14.0. The zero-order valence-electron chi connectivity index (χ0n) is 10.9. The number of hydrogen-bond donors (Lipinski definition) is 2. The topological polar surface area (TPSA) is 103 Å². The normalized spacial score (nSPS) is 12.1. The Kier molecular flexibility index (Phi) is 3.72. The van der Waals surface area contributed by atoms with Crippen molar-refractivity contribution < 1.29 is 8.42 Å². The summed E-state index contributed by atoms with van der Waals surface area (Å²) in [6, 6.07) is 3.75. The average molecular weight is 283 g/mol. The van der Waals surface area contributed by atoms with Crippen molar-refractivity contribution in [3.05, 3.63) is 17.8 Å². The molecule has 0 aromatic carbocycles. The Morgan fingerprint density at radius 3 is 2.79 bits per heavy atom. The molecular formula is C11H17N5O2S. The third-order valence-electron chi connectivity index (χ3n) is 2.68. The molecule has 0 unspecified atom stereocenters. The summed E-state index contributed by atoms with van der Waals surface area (Å²) in [6.45, 7) is 2.84. The van der Waals surface area contributed by atoms with Crippen LogP contribution in [0.15, 0.2) is 12.1 Å². The molecule has 0 atom stereocenters. The summed E-state index contributed by atoms with van der Waals surface area (Å²) >= 11 is 0. The van der Waals surface area contributed by atoms with E-state index in [1.807, 2.05) is 19.1 Å². The van der Waals surface area contributed by atoms with Gasteiger partial charge in [-0.3, -0.25) is 4.57 Å². The van der Waals surface area contributed by atoms with Crippen molar-refractivity contribution in [2.45, 2.75) is 19.9 Å². The standard InChI is InChI=1S/C11H17N5O2S/c1-8-4-5-9-10(14-8)16(11(12)15-9)7-3-6-13-19(2,17)18/h4-5,13H,3,6-7H2,1-2H3,(H2,12,15). The Labute approximate surface area is 111 Å². The number of imidazole rings is 1. The number of nitrogens with one attached hydrogen (secondary N) is 1. The summed E-state index contributed by atoms with van der Waals surface area (Å²) in [5, 5.41) is 0. The number of aromatic nitrogens is 3. The number of aryl methyl sites for hydroxylation is 2. The molecule has 0 aliphatic rings. The Balaban J connectivity index is 2.12. The van der Waals surface area contributed by atoms with Crippen LogP contribution in [0, 0.1) is 6.92 Å². The predicted molar refractivity (Wildman–Crippen MR) is 74.1 cm³/mol. The smallest absolute Gasteiger partial charge is 0.208 e. The van der Waals surface area contributed by atoms with Gasteiger partial charge in [-0.1, -0.05) is 0 Å². The second-order valence-corrected chi connectivity index (χ2v) is 6.27. The first-order valence-corrected chi connectivity index (χ1v) is 7.80. The van der Waals surface area contributed by atoms with Crippen molar-refractivity contribution >= 4 is 27.1 Å². The molecule has 0 aliphatic carbocycles. The van der Waals surface area contributed by atoms with Crippen LogP contribution < -0.4 is 10.5 Å². The molecule has 2 rings (SSSR count). The molecule has 0 saturated heterocycles. The van der Waals surface area contributed by atoms with Crippen molar-refractivity contribution in [1.82, 2.24) is 19.3 Å². The van der Waals surface area contributed by atoms with E-state index in [0.29, 0.717) is 25.5 Å². The van der Waals surface area contributed by atoms with E-state index in [4.69, 9.17) is 5.73 Å². The highest BCUT2D eigenvalue weighted by Crippen LogP contribution is 2.16. The Bertz CT molecular complexity index is 692. The van der Waals surface area contributed by atoms with Gasteiger partial charge in [0, 0.05) is 18.8 Å². The maximum Gasteiger partial charge on any atom is 0.208 e. The van der Waals surface area contributed by atoms with E-state index in [2.05, 4.69) is 14.7 Å². The SMILES string of the molecule is Cc1ccc2nc(N)n(CCCNS(C)(=O)=O)c2n1. The summed E-state index contributed by atoms with van der Waals surface area (Å²) < 4.78 is 26.1. The summed E-state index contributed by atoms with van der Waals surface area (Å²) in [4.78, 5) is 8.63. The lowest BCUT2D eigenvalue weighted by Gasteiger charge is -2.06. The van der Waals surface area contributed by atoms with Crippen molar-refractivity contribution in [1.29, 1.82) is 0 Å². The van der Waals surface area contributed by atoms with Gasteiger partial charge >= 0.3 is 0 Å². The minimum atomic E-state index is -3.15. The number of sulfonamides is 1. The highest BCUT2D eigenvalue weighted by molar-refractivity contribution is 7.88. The van der Waals surface area contributed by atoms with Gasteiger partial charge in [-0.2, -0.15) is 0 Å². The van der Waals surface area contributed by atoms with E-state index in [1.54, 1.807) is 4.57 Å². The number of anilines is 1. The summed E-state index contributed by atoms with van der Waals surface area (Å²) in [6.07, 6.45) is 1.76. The van der Waals surface area contributed by atoms with Crippen LogP contribution in [0.3, 0.4) is 0 Å². The number of pyridine rings is 1. The number of fused-ring (bicyclic) bond motifs is 1. The van der Waals surface area contributed by atoms with Crippen LogP contribution in [0.2, 0.25) is 0 Å². The summed E-state index contributed by atoms with van der Waals surface area (Å²) in [7, 11) is -3.15. The number of nitrogens with zero attached hydrogens (tertiary/aromatic N) is 3. The van der Waals surface area contributed by atoms with Crippen LogP contribution in [-0.2, 0) is 16.6 Å². The molecule has 104 valence electrons. The summed E-state index contributed by atoms with van der Waals surface area (Å²) in [5.41, 5.74) is 8.22. The van der Waals surface area contributed by atoms with Gasteiger partial charge in [-0.05, 0) is 25.5 Å². The lowest BCUT2D eigenvalue weighted by atomic mass is 10.3. The van der Waals surface area contributed by atoms with Crippen molar-refractivity contribution in [2.24, 2.45) is 0 Å². The van der Waals surface area contributed by atoms with E-state index in [9.17, 15) is 8.42 Å². The van der Waals surface area contributed by atoms with Gasteiger partial charge in [0.2, 0.25) is 16.0 Å². The lowest BCUT2D eigenvalue weighted by molar-refractivity contribution is 0.578. The van der Waals surface area contributed by atoms with Crippen LogP contribution in [0.4, 0.5) is 5.95 Å². The van der Waals surface area contributed by atoms with Crippen LogP contribution in [0.1, 0.15) is 12.1 Å². The van der Waals surface area contributed by atoms with Gasteiger partial charge in [0.15, 0.2) is 5.65 Å². The molecule has 0 saturated carbocycles. The number of nitrogen functional groups attached to an aromatic ring is 1. The van der Waals surface area contributed by atoms with Gasteiger partial charge in [0.25, 0.3) is 0 Å². The van der Waals surface area contributed by atoms with Crippen molar-refractivity contribution in [3.63, 3.8) is 0 Å². The average Bonchev–Trinajstić information content (AvgIpc) is 2.59. The highest BCUT2D eigenvalue weighted by atomic mass is 32.2. The van der Waals surface area contributed by atoms with E-state index in [0.717, 1.165) is 23.1 Å². The van der Waals surface area contributed by atoms with E-state index in [-0.39, 0.29) is 0 Å². The van der Waals surface area contributed by atoms with Gasteiger partial charge in [0.1, 0.15) is 5.52 Å². The number of rotatable bonds is 5. The van der Waals surface area contributed by atoms with Crippen LogP contribution in [-0.4, -0.2) is 35.8 Å². The van der Waals surface area contributed by atoms with Crippen LogP contribution >= 0.6 is 0 Å². The third kappa shape index (κ3) is 3.42.